The summed E-state index contributed by atoms with van der Waals surface area (Å²) in [6.45, 7) is 7.71. The summed E-state index contributed by atoms with van der Waals surface area (Å²) in [7, 11) is 0. The van der Waals surface area contributed by atoms with Crippen molar-refractivity contribution in [3.8, 4) is 0 Å². The largest absolute Gasteiger partial charge is 0.207 e. The molecule has 0 fully saturated rings. The second-order valence-corrected chi connectivity index (χ2v) is 2.62. The smallest absolute Gasteiger partial charge is 0.122 e. The van der Waals surface area contributed by atoms with Crippen molar-refractivity contribution >= 4 is 0 Å². The summed E-state index contributed by atoms with van der Waals surface area (Å²) in [4.78, 5) is 0. The van der Waals surface area contributed by atoms with Crippen LogP contribution < -0.4 is 0 Å². The molecule has 0 N–H and O–H groups in total. The molecule has 0 bridgehead atoms. The highest BCUT2D eigenvalue weighted by atomic mass is 19.1. The van der Waals surface area contributed by atoms with Crippen LogP contribution in [0.25, 0.3) is 0 Å². The lowest BCUT2D eigenvalue weighted by Gasteiger charge is -1.92. The van der Waals surface area contributed by atoms with Crippen molar-refractivity contribution in [3.05, 3.63) is 35.2 Å². The minimum Gasteiger partial charge on any atom is -0.207 e. The van der Waals surface area contributed by atoms with Crippen LogP contribution in [-0.2, 0) is 0 Å². The second-order valence-electron chi connectivity index (χ2n) is 2.62. The molecular formula is C11H17F. The quantitative estimate of drug-likeness (QED) is 0.509. The number of hydrogen-bond acceptors (Lipinski definition) is 0. The second kappa shape index (κ2) is 5.76. The monoisotopic (exact) mass is 168 g/mol. The van der Waals surface area contributed by atoms with Gasteiger partial charge in [-0.2, -0.15) is 0 Å². The van der Waals surface area contributed by atoms with Crippen molar-refractivity contribution in [1.29, 1.82) is 0 Å². The molecule has 12 heavy (non-hydrogen) atoms. The van der Waals surface area contributed by atoms with Gasteiger partial charge in [-0.3, -0.25) is 0 Å². The summed E-state index contributed by atoms with van der Waals surface area (Å²) in [6, 6.07) is 0. The average Bonchev–Trinajstić information content (AvgIpc) is 2.19. The van der Waals surface area contributed by atoms with E-state index in [9.17, 15) is 4.39 Å². The predicted octanol–water partition coefficient (Wildman–Crippen LogP) is 4.16. The molecule has 0 aromatic rings. The molecule has 68 valence electrons. The molecule has 0 saturated carbocycles. The number of hydrogen-bond donors (Lipinski definition) is 0. The molecule has 0 saturated heterocycles. The highest BCUT2D eigenvalue weighted by Crippen LogP contribution is 2.17. The van der Waals surface area contributed by atoms with Crippen molar-refractivity contribution < 1.29 is 4.39 Å². The van der Waals surface area contributed by atoms with Gasteiger partial charge in [-0.25, -0.2) is 4.39 Å². The molecular weight excluding hydrogens is 151 g/mol. The molecule has 0 spiro atoms. The Kier molecular flexibility index (Phi) is 5.35. The molecule has 0 nitrogen and oxygen atoms in total. The van der Waals surface area contributed by atoms with Crippen LogP contribution in [-0.4, -0.2) is 0 Å². The van der Waals surface area contributed by atoms with Gasteiger partial charge in [0.1, 0.15) is 5.83 Å². The Bertz CT molecular complexity index is 219. The molecule has 1 aliphatic rings. The van der Waals surface area contributed by atoms with Gasteiger partial charge in [0.2, 0.25) is 0 Å². The Morgan fingerprint density at radius 1 is 1.25 bits per heavy atom. The predicted molar refractivity (Wildman–Crippen MR) is 52.7 cm³/mol. The third kappa shape index (κ3) is 3.51. The zero-order valence-corrected chi connectivity index (χ0v) is 8.32. The Morgan fingerprint density at radius 3 is 2.42 bits per heavy atom. The first kappa shape index (κ1) is 11.2. The van der Waals surface area contributed by atoms with Crippen molar-refractivity contribution in [2.24, 2.45) is 0 Å². The van der Waals surface area contributed by atoms with Gasteiger partial charge in [0, 0.05) is 0 Å². The van der Waals surface area contributed by atoms with Crippen LogP contribution in [0.3, 0.4) is 0 Å². The highest BCUT2D eigenvalue weighted by Gasteiger charge is 1.99. The Balaban J connectivity index is 0.000000561. The molecule has 0 amide bonds. The molecule has 1 heteroatoms. The summed E-state index contributed by atoms with van der Waals surface area (Å²) in [5.74, 6) is -0.0810. The van der Waals surface area contributed by atoms with Gasteiger partial charge < -0.3 is 0 Å². The molecule has 0 radical (unpaired) electrons. The van der Waals surface area contributed by atoms with Crippen molar-refractivity contribution in [2.45, 2.75) is 34.1 Å². The topological polar surface area (TPSA) is 0 Å². The molecule has 1 rings (SSSR count). The van der Waals surface area contributed by atoms with Gasteiger partial charge in [-0.1, -0.05) is 26.0 Å². The molecule has 0 atom stereocenters. The summed E-state index contributed by atoms with van der Waals surface area (Å²) < 4.78 is 12.9. The van der Waals surface area contributed by atoms with E-state index in [2.05, 4.69) is 0 Å². The van der Waals surface area contributed by atoms with E-state index >= 15 is 0 Å². The van der Waals surface area contributed by atoms with Crippen LogP contribution in [0.15, 0.2) is 35.2 Å². The standard InChI is InChI=1S/C9H11F.C2H6/c1-7-4-3-5-8(2)9(10)6-7;1-2/h3-4,6H,5H2,1-2H3;1-2H3. The maximum atomic E-state index is 12.9. The SMILES string of the molecule is CC.CC1=CC(F)=C(C)CC=C1. The van der Waals surface area contributed by atoms with Crippen molar-refractivity contribution in [2.75, 3.05) is 0 Å². The minimum atomic E-state index is -0.0810. The summed E-state index contributed by atoms with van der Waals surface area (Å²) in [5.41, 5.74) is 1.79. The Morgan fingerprint density at radius 2 is 1.83 bits per heavy atom. The van der Waals surface area contributed by atoms with Crippen LogP contribution >= 0.6 is 0 Å². The van der Waals surface area contributed by atoms with Crippen LogP contribution in [0, 0.1) is 0 Å². The maximum absolute atomic E-state index is 12.9. The molecule has 0 aromatic carbocycles. The van der Waals surface area contributed by atoms with Gasteiger partial charge in [-0.05, 0) is 37.5 Å². The van der Waals surface area contributed by atoms with E-state index < -0.39 is 0 Å². The first-order valence-corrected chi connectivity index (χ1v) is 4.40. The van der Waals surface area contributed by atoms with Crippen molar-refractivity contribution in [3.63, 3.8) is 0 Å². The van der Waals surface area contributed by atoms with Gasteiger partial charge in [0.25, 0.3) is 0 Å². The Labute approximate surface area is 74.5 Å². The maximum Gasteiger partial charge on any atom is 0.122 e. The van der Waals surface area contributed by atoms with E-state index in [1.54, 1.807) is 6.08 Å². The lowest BCUT2D eigenvalue weighted by molar-refractivity contribution is 0.650. The van der Waals surface area contributed by atoms with E-state index in [-0.39, 0.29) is 5.83 Å². The van der Waals surface area contributed by atoms with E-state index in [0.29, 0.717) is 0 Å². The summed E-state index contributed by atoms with van der Waals surface area (Å²) in [5, 5.41) is 0. The van der Waals surface area contributed by atoms with E-state index in [4.69, 9.17) is 0 Å². The van der Waals surface area contributed by atoms with Gasteiger partial charge >= 0.3 is 0 Å². The molecule has 0 aromatic heterocycles. The molecule has 0 aliphatic heterocycles. The molecule has 1 aliphatic carbocycles. The zero-order chi connectivity index (χ0) is 9.56. The van der Waals surface area contributed by atoms with E-state index in [1.165, 1.54) is 0 Å². The lowest BCUT2D eigenvalue weighted by Crippen LogP contribution is -1.74. The van der Waals surface area contributed by atoms with Gasteiger partial charge in [-0.15, -0.1) is 0 Å². The van der Waals surface area contributed by atoms with Crippen LogP contribution in [0.1, 0.15) is 34.1 Å². The first-order valence-electron chi connectivity index (χ1n) is 4.40. The zero-order valence-electron chi connectivity index (χ0n) is 8.32. The first-order chi connectivity index (χ1) is 5.70. The lowest BCUT2D eigenvalue weighted by atomic mass is 10.2. The van der Waals surface area contributed by atoms with Gasteiger partial charge in [0.15, 0.2) is 0 Å². The normalized spacial score (nSPS) is 16.2. The third-order valence-electron chi connectivity index (χ3n) is 1.57. The van der Waals surface area contributed by atoms with Crippen LogP contribution in [0.5, 0.6) is 0 Å². The van der Waals surface area contributed by atoms with Crippen molar-refractivity contribution in [1.82, 2.24) is 0 Å². The number of allylic oxidation sites excluding steroid dienone is 6. The minimum absolute atomic E-state index is 0.0810. The Hall–Kier alpha value is -0.850. The fourth-order valence-corrected chi connectivity index (χ4v) is 0.890. The fourth-order valence-electron chi connectivity index (χ4n) is 0.890. The van der Waals surface area contributed by atoms with Crippen LogP contribution in [0.2, 0.25) is 0 Å². The summed E-state index contributed by atoms with van der Waals surface area (Å²) >= 11 is 0. The van der Waals surface area contributed by atoms with E-state index in [1.807, 2.05) is 39.8 Å². The fraction of sp³-hybridized carbons (Fsp3) is 0.455. The summed E-state index contributed by atoms with van der Waals surface area (Å²) in [6.07, 6.45) is 6.22. The highest BCUT2D eigenvalue weighted by molar-refractivity contribution is 5.32. The molecule has 0 unspecified atom stereocenters. The van der Waals surface area contributed by atoms with Crippen LogP contribution in [0.4, 0.5) is 4.39 Å². The van der Waals surface area contributed by atoms with Gasteiger partial charge in [0.05, 0.1) is 0 Å². The molecule has 0 heterocycles. The van der Waals surface area contributed by atoms with E-state index in [0.717, 1.165) is 17.6 Å². The number of rotatable bonds is 0. The number of halogens is 1. The average molecular weight is 168 g/mol. The third-order valence-corrected chi connectivity index (χ3v) is 1.57.